The minimum atomic E-state index is -3.99. The number of benzene rings is 1. The molecule has 2 N–H and O–H groups in total. The van der Waals surface area contributed by atoms with Gasteiger partial charge in [0.2, 0.25) is 10.0 Å². The minimum absolute atomic E-state index is 0.0839. The summed E-state index contributed by atoms with van der Waals surface area (Å²) in [5, 5.41) is 0. The van der Waals surface area contributed by atoms with Crippen LogP contribution in [0.4, 0.5) is 14.5 Å². The van der Waals surface area contributed by atoms with Crippen molar-refractivity contribution in [2.75, 3.05) is 12.3 Å². The summed E-state index contributed by atoms with van der Waals surface area (Å²) in [7, 11) is -3.99. The molecule has 7 heteroatoms. The molecular formula is C14H20F2N2O2S. The number of nitrogens with zero attached hydrogens (tertiary/aromatic N) is 1. The second kappa shape index (κ2) is 5.88. The number of rotatable bonds is 6. The van der Waals surface area contributed by atoms with Gasteiger partial charge in [-0.05, 0) is 31.2 Å². The zero-order valence-corrected chi connectivity index (χ0v) is 13.0. The number of hydrogen-bond acceptors (Lipinski definition) is 3. The molecule has 0 radical (unpaired) electrons. The Bertz CT molecular complexity index is 628. The van der Waals surface area contributed by atoms with Crippen LogP contribution in [0.5, 0.6) is 0 Å². The molecule has 0 atom stereocenters. The summed E-state index contributed by atoms with van der Waals surface area (Å²) in [6, 6.07) is 1.31. The quantitative estimate of drug-likeness (QED) is 0.820. The van der Waals surface area contributed by atoms with Gasteiger partial charge in [-0.1, -0.05) is 13.8 Å². The zero-order valence-electron chi connectivity index (χ0n) is 12.1. The van der Waals surface area contributed by atoms with Crippen LogP contribution in [0.25, 0.3) is 0 Å². The van der Waals surface area contributed by atoms with E-state index in [9.17, 15) is 17.2 Å². The third kappa shape index (κ3) is 3.52. The Labute approximate surface area is 124 Å². The van der Waals surface area contributed by atoms with Crippen molar-refractivity contribution >= 4 is 15.7 Å². The van der Waals surface area contributed by atoms with E-state index in [1.165, 1.54) is 4.31 Å². The maximum Gasteiger partial charge on any atom is 0.246 e. The van der Waals surface area contributed by atoms with Crippen LogP contribution < -0.4 is 5.73 Å². The first-order valence-corrected chi connectivity index (χ1v) is 8.44. The summed E-state index contributed by atoms with van der Waals surface area (Å²) in [5.74, 6) is -1.71. The predicted octanol–water partition coefficient (Wildman–Crippen LogP) is 2.75. The van der Waals surface area contributed by atoms with Crippen LogP contribution in [0.2, 0.25) is 0 Å². The Kier molecular flexibility index (Phi) is 4.53. The average Bonchev–Trinajstić information content (AvgIpc) is 3.17. The molecular weight excluding hydrogens is 298 g/mol. The van der Waals surface area contributed by atoms with Gasteiger partial charge in [0.1, 0.15) is 16.5 Å². The molecule has 0 bridgehead atoms. The fraction of sp³-hybridized carbons (Fsp3) is 0.571. The maximum atomic E-state index is 13.9. The lowest BCUT2D eigenvalue weighted by Gasteiger charge is -2.23. The molecule has 1 fully saturated rings. The van der Waals surface area contributed by atoms with Gasteiger partial charge in [0.15, 0.2) is 0 Å². The molecule has 0 spiro atoms. The van der Waals surface area contributed by atoms with Gasteiger partial charge in [-0.3, -0.25) is 0 Å². The van der Waals surface area contributed by atoms with Gasteiger partial charge in [-0.2, -0.15) is 4.31 Å². The summed E-state index contributed by atoms with van der Waals surface area (Å²) < 4.78 is 53.6. The highest BCUT2D eigenvalue weighted by atomic mass is 32.2. The zero-order chi connectivity index (χ0) is 15.8. The monoisotopic (exact) mass is 318 g/mol. The fourth-order valence-corrected chi connectivity index (χ4v) is 3.90. The standard InChI is InChI=1S/C14H20F2N2O2S/c1-9(2)5-6-18(10-3-4-10)21(19,20)14-8-13(17)11(15)7-12(14)16/h7-10H,3-6,17H2,1-2H3. The van der Waals surface area contributed by atoms with E-state index in [0.29, 0.717) is 24.9 Å². The molecule has 21 heavy (non-hydrogen) atoms. The lowest BCUT2D eigenvalue weighted by Crippen LogP contribution is -2.35. The predicted molar refractivity (Wildman–Crippen MR) is 77.1 cm³/mol. The molecule has 0 amide bonds. The SMILES string of the molecule is CC(C)CCN(C1CC1)S(=O)(=O)c1cc(N)c(F)cc1F. The molecule has 118 valence electrons. The third-order valence-electron chi connectivity index (χ3n) is 3.52. The van der Waals surface area contributed by atoms with Crippen molar-refractivity contribution in [2.45, 2.75) is 44.0 Å². The first-order chi connectivity index (χ1) is 9.73. The summed E-state index contributed by atoms with van der Waals surface area (Å²) in [5.41, 5.74) is 5.01. The molecule has 0 aromatic heterocycles. The molecule has 1 aromatic carbocycles. The largest absolute Gasteiger partial charge is 0.396 e. The number of sulfonamides is 1. The van der Waals surface area contributed by atoms with E-state index < -0.39 is 26.6 Å². The van der Waals surface area contributed by atoms with Gasteiger partial charge in [-0.25, -0.2) is 17.2 Å². The first-order valence-electron chi connectivity index (χ1n) is 7.00. The third-order valence-corrected chi connectivity index (χ3v) is 5.49. The highest BCUT2D eigenvalue weighted by molar-refractivity contribution is 7.89. The van der Waals surface area contributed by atoms with E-state index in [1.54, 1.807) is 0 Å². The topological polar surface area (TPSA) is 63.4 Å². The van der Waals surface area contributed by atoms with Gasteiger partial charge in [0.25, 0.3) is 0 Å². The van der Waals surface area contributed by atoms with Crippen molar-refractivity contribution in [3.8, 4) is 0 Å². The van der Waals surface area contributed by atoms with Gasteiger partial charge in [-0.15, -0.1) is 0 Å². The second-order valence-corrected chi connectivity index (χ2v) is 7.69. The van der Waals surface area contributed by atoms with E-state index in [-0.39, 0.29) is 11.7 Å². The number of anilines is 1. The summed E-state index contributed by atoms with van der Waals surface area (Å²) in [6.45, 7) is 4.32. The van der Waals surface area contributed by atoms with Crippen molar-refractivity contribution in [2.24, 2.45) is 5.92 Å². The van der Waals surface area contributed by atoms with E-state index in [1.807, 2.05) is 13.8 Å². The van der Waals surface area contributed by atoms with Gasteiger partial charge < -0.3 is 5.73 Å². The van der Waals surface area contributed by atoms with Gasteiger partial charge in [0.05, 0.1) is 5.69 Å². The fourth-order valence-electron chi connectivity index (χ4n) is 2.12. The van der Waals surface area contributed by atoms with Gasteiger partial charge in [0, 0.05) is 18.7 Å². The van der Waals surface area contributed by atoms with Crippen LogP contribution in [0, 0.1) is 17.6 Å². The Morgan fingerprint density at radius 1 is 1.29 bits per heavy atom. The smallest absolute Gasteiger partial charge is 0.246 e. The van der Waals surface area contributed by atoms with Crippen LogP contribution in [0.15, 0.2) is 17.0 Å². The van der Waals surface area contributed by atoms with Crippen LogP contribution in [-0.2, 0) is 10.0 Å². The first kappa shape index (κ1) is 16.2. The molecule has 0 aliphatic heterocycles. The lowest BCUT2D eigenvalue weighted by molar-refractivity contribution is 0.371. The lowest BCUT2D eigenvalue weighted by atomic mass is 10.1. The van der Waals surface area contributed by atoms with Crippen molar-refractivity contribution < 1.29 is 17.2 Å². The highest BCUT2D eigenvalue weighted by Gasteiger charge is 2.39. The molecule has 0 saturated heterocycles. The molecule has 4 nitrogen and oxygen atoms in total. The second-order valence-electron chi connectivity index (χ2n) is 5.83. The van der Waals surface area contributed by atoms with E-state index in [2.05, 4.69) is 0 Å². The summed E-state index contributed by atoms with van der Waals surface area (Å²) in [4.78, 5) is -0.544. The van der Waals surface area contributed by atoms with E-state index in [0.717, 1.165) is 18.9 Å². The van der Waals surface area contributed by atoms with Crippen molar-refractivity contribution in [1.29, 1.82) is 0 Å². The number of halogens is 2. The minimum Gasteiger partial charge on any atom is -0.396 e. The molecule has 1 aliphatic rings. The normalized spacial score (nSPS) is 15.9. The number of nitrogens with two attached hydrogens (primary N) is 1. The Morgan fingerprint density at radius 3 is 2.43 bits per heavy atom. The van der Waals surface area contributed by atoms with Crippen LogP contribution in [-0.4, -0.2) is 25.3 Å². The Morgan fingerprint density at radius 2 is 1.90 bits per heavy atom. The van der Waals surface area contributed by atoms with Crippen LogP contribution >= 0.6 is 0 Å². The Hall–Kier alpha value is -1.21. The molecule has 0 heterocycles. The molecule has 1 saturated carbocycles. The molecule has 1 aromatic rings. The van der Waals surface area contributed by atoms with Crippen molar-refractivity contribution in [3.05, 3.63) is 23.8 Å². The molecule has 1 aliphatic carbocycles. The summed E-state index contributed by atoms with van der Waals surface area (Å²) in [6.07, 6.45) is 2.24. The Balaban J connectivity index is 2.36. The van der Waals surface area contributed by atoms with E-state index in [4.69, 9.17) is 5.73 Å². The van der Waals surface area contributed by atoms with E-state index >= 15 is 0 Å². The van der Waals surface area contributed by atoms with Crippen LogP contribution in [0.1, 0.15) is 33.1 Å². The van der Waals surface area contributed by atoms with Crippen molar-refractivity contribution in [3.63, 3.8) is 0 Å². The van der Waals surface area contributed by atoms with Crippen LogP contribution in [0.3, 0.4) is 0 Å². The summed E-state index contributed by atoms with van der Waals surface area (Å²) >= 11 is 0. The van der Waals surface area contributed by atoms with Crippen molar-refractivity contribution in [1.82, 2.24) is 4.31 Å². The number of hydrogen-bond donors (Lipinski definition) is 1. The van der Waals surface area contributed by atoms with Gasteiger partial charge >= 0.3 is 0 Å². The number of nitrogen functional groups attached to an aromatic ring is 1. The average molecular weight is 318 g/mol. The molecule has 0 unspecified atom stereocenters. The highest BCUT2D eigenvalue weighted by Crippen LogP contribution is 2.34. The molecule has 2 rings (SSSR count). The maximum absolute atomic E-state index is 13.9.